The van der Waals surface area contributed by atoms with Crippen LogP contribution in [0.15, 0.2) is 70.5 Å². The highest BCUT2D eigenvalue weighted by molar-refractivity contribution is 7.99. The highest BCUT2D eigenvalue weighted by atomic mass is 32.2. The zero-order chi connectivity index (χ0) is 38.6. The molecule has 0 fully saturated rings. The molecule has 2 unspecified atom stereocenters. The van der Waals surface area contributed by atoms with Crippen molar-refractivity contribution in [3.63, 3.8) is 0 Å². The fraction of sp³-hybridized carbons (Fsp3) is 0.636. The number of rotatable bonds is 30. The Morgan fingerprint density at radius 2 is 0.717 bits per heavy atom. The summed E-state index contributed by atoms with van der Waals surface area (Å²) in [4.78, 5) is 2.17. The van der Waals surface area contributed by atoms with Gasteiger partial charge in [0, 0.05) is 22.6 Å². The molecule has 0 heterocycles. The second-order valence-electron chi connectivity index (χ2n) is 14.4. The first-order valence-electron chi connectivity index (χ1n) is 20.1. The van der Waals surface area contributed by atoms with Crippen molar-refractivity contribution in [1.82, 2.24) is 0 Å². The second-order valence-corrected chi connectivity index (χ2v) is 15.5. The second kappa shape index (κ2) is 28.2. The van der Waals surface area contributed by atoms with Crippen LogP contribution in [0, 0.1) is 0 Å². The summed E-state index contributed by atoms with van der Waals surface area (Å²) in [5, 5.41) is 21.2. The van der Waals surface area contributed by atoms with E-state index < -0.39 is 37.4 Å². The molecule has 2 nitrogen and oxygen atoms in total. The number of aliphatic hydroxyl groups excluding tert-OH is 2. The van der Waals surface area contributed by atoms with E-state index in [-0.39, 0.29) is 12.8 Å². The third kappa shape index (κ3) is 26.3. The van der Waals surface area contributed by atoms with Crippen molar-refractivity contribution in [3.8, 4) is 0 Å². The first kappa shape index (κ1) is 46.9. The molecule has 0 bridgehead atoms. The van der Waals surface area contributed by atoms with Gasteiger partial charge in [0.2, 0.25) is 0 Å². The minimum absolute atomic E-state index is 0.237. The van der Waals surface area contributed by atoms with Crippen LogP contribution in [0.2, 0.25) is 0 Å². The van der Waals surface area contributed by atoms with Gasteiger partial charge in [-0.3, -0.25) is 0 Å². The van der Waals surface area contributed by atoms with Crippen LogP contribution in [-0.2, 0) is 0 Å². The molecular formula is C44H64F6O2S. The molecule has 9 heteroatoms. The normalized spacial score (nSPS) is 13.7. The van der Waals surface area contributed by atoms with E-state index in [1.807, 2.05) is 60.7 Å². The van der Waals surface area contributed by atoms with Crippen molar-refractivity contribution >= 4 is 23.9 Å². The molecule has 0 aromatic heterocycles. The monoisotopic (exact) mass is 770 g/mol. The maximum atomic E-state index is 12.2. The fourth-order valence-electron chi connectivity index (χ4n) is 6.35. The van der Waals surface area contributed by atoms with Crippen molar-refractivity contribution < 1.29 is 36.6 Å². The van der Waals surface area contributed by atoms with Gasteiger partial charge in [-0.25, -0.2) is 0 Å². The van der Waals surface area contributed by atoms with Crippen LogP contribution >= 0.6 is 11.8 Å². The Labute approximate surface area is 319 Å². The average Bonchev–Trinajstić information content (AvgIpc) is 3.10. The van der Waals surface area contributed by atoms with Gasteiger partial charge in [0.25, 0.3) is 0 Å². The fourth-order valence-corrected chi connectivity index (χ4v) is 7.39. The number of hydrogen-bond acceptors (Lipinski definition) is 3. The molecule has 0 aliphatic carbocycles. The summed E-state index contributed by atoms with van der Waals surface area (Å²) < 4.78 is 73.2. The largest absolute Gasteiger partial charge is 0.389 e. The van der Waals surface area contributed by atoms with E-state index in [9.17, 15) is 36.6 Å². The van der Waals surface area contributed by atoms with Gasteiger partial charge in [-0.05, 0) is 48.9 Å². The summed E-state index contributed by atoms with van der Waals surface area (Å²) in [6.45, 7) is 0. The Morgan fingerprint density at radius 3 is 1.04 bits per heavy atom. The Kier molecular flexibility index (Phi) is 25.0. The van der Waals surface area contributed by atoms with E-state index in [0.29, 0.717) is 25.7 Å². The van der Waals surface area contributed by atoms with Gasteiger partial charge >= 0.3 is 12.4 Å². The third-order valence-electron chi connectivity index (χ3n) is 9.47. The van der Waals surface area contributed by atoms with Crippen molar-refractivity contribution in [3.05, 3.63) is 71.8 Å². The summed E-state index contributed by atoms with van der Waals surface area (Å²) >= 11 is 1.66. The maximum Gasteiger partial charge on any atom is 0.389 e. The lowest BCUT2D eigenvalue weighted by atomic mass is 10.0. The summed E-state index contributed by atoms with van der Waals surface area (Å²) in [5.74, 6) is 0. The Balaban J connectivity index is 1.64. The molecule has 2 rings (SSSR count). The zero-order valence-electron chi connectivity index (χ0n) is 31.6. The maximum absolute atomic E-state index is 12.2. The SMILES string of the molecule is OC(/C=C/c1ccccc1Sc1ccccc1/C=C/C(O)CCCCCCCCCCCCC(F)(F)F)CCCCCCCCCCCCC(F)(F)F. The van der Waals surface area contributed by atoms with Crippen molar-refractivity contribution in [2.75, 3.05) is 0 Å². The standard InChI is InChI=1S/C44H64F6O2S/c45-43(46,47)35-23-15-11-7-3-1-5-9-13-17-27-39(51)33-31-37-25-19-21-29-41(37)53-42-30-22-20-26-38(42)32-34-40(52)28-18-14-10-6-2-4-8-12-16-24-36-44(48,49)50/h19-22,25-26,29-34,39-40,51-52H,1-18,23-24,27-28,35-36H2/b33-31+,34-32+. The first-order valence-corrected chi connectivity index (χ1v) is 21.0. The van der Waals surface area contributed by atoms with Crippen LogP contribution in [0.4, 0.5) is 26.3 Å². The van der Waals surface area contributed by atoms with Crippen LogP contribution in [0.25, 0.3) is 12.2 Å². The molecule has 0 saturated heterocycles. The van der Waals surface area contributed by atoms with Crippen LogP contribution in [0.5, 0.6) is 0 Å². The van der Waals surface area contributed by atoms with E-state index in [4.69, 9.17) is 0 Å². The van der Waals surface area contributed by atoms with E-state index in [2.05, 4.69) is 12.1 Å². The quantitative estimate of drug-likeness (QED) is 0.0614. The van der Waals surface area contributed by atoms with Crippen LogP contribution in [-0.4, -0.2) is 34.8 Å². The van der Waals surface area contributed by atoms with Gasteiger partial charge in [0.1, 0.15) is 0 Å². The lowest BCUT2D eigenvalue weighted by Gasteiger charge is -2.10. The predicted octanol–water partition coefficient (Wildman–Crippen LogP) is 15.1. The first-order chi connectivity index (χ1) is 25.4. The molecule has 0 aliphatic heterocycles. The number of aliphatic hydroxyl groups is 2. The molecule has 2 N–H and O–H groups in total. The Hall–Kier alpha value is -2.23. The minimum Gasteiger partial charge on any atom is -0.389 e. The summed E-state index contributed by atoms with van der Waals surface area (Å²) in [6, 6.07) is 16.3. The molecule has 0 saturated carbocycles. The number of benzene rings is 2. The number of alkyl halides is 6. The highest BCUT2D eigenvalue weighted by Crippen LogP contribution is 2.34. The lowest BCUT2D eigenvalue weighted by molar-refractivity contribution is -0.136. The van der Waals surface area contributed by atoms with E-state index in [0.717, 1.165) is 124 Å². The predicted molar refractivity (Wildman–Crippen MR) is 210 cm³/mol. The van der Waals surface area contributed by atoms with Gasteiger partial charge in [-0.2, -0.15) is 26.3 Å². The smallest absolute Gasteiger partial charge is 0.389 e. The molecule has 300 valence electrons. The van der Waals surface area contributed by atoms with E-state index >= 15 is 0 Å². The van der Waals surface area contributed by atoms with Crippen molar-refractivity contribution in [2.24, 2.45) is 0 Å². The topological polar surface area (TPSA) is 40.5 Å². The molecule has 2 atom stereocenters. The van der Waals surface area contributed by atoms with Crippen LogP contribution in [0.3, 0.4) is 0 Å². The Morgan fingerprint density at radius 1 is 0.434 bits per heavy atom. The number of hydrogen-bond donors (Lipinski definition) is 2. The minimum atomic E-state index is -4.03. The van der Waals surface area contributed by atoms with E-state index in [1.165, 1.54) is 0 Å². The van der Waals surface area contributed by atoms with Gasteiger partial charge < -0.3 is 10.2 Å². The zero-order valence-corrected chi connectivity index (χ0v) is 32.4. The van der Waals surface area contributed by atoms with Crippen molar-refractivity contribution in [2.45, 2.75) is 188 Å². The van der Waals surface area contributed by atoms with Crippen LogP contribution in [0.1, 0.15) is 165 Å². The molecule has 0 spiro atoms. The summed E-state index contributed by atoms with van der Waals surface area (Å²) in [7, 11) is 0. The Bertz CT molecular complexity index is 1160. The molecule has 2 aromatic carbocycles. The van der Waals surface area contributed by atoms with Gasteiger partial charge in [0.05, 0.1) is 12.2 Å². The highest BCUT2D eigenvalue weighted by Gasteiger charge is 2.26. The average molecular weight is 771 g/mol. The van der Waals surface area contributed by atoms with Crippen LogP contribution < -0.4 is 0 Å². The number of unbranched alkanes of at least 4 members (excludes halogenated alkanes) is 18. The molecular weight excluding hydrogens is 707 g/mol. The van der Waals surface area contributed by atoms with Crippen molar-refractivity contribution in [1.29, 1.82) is 0 Å². The third-order valence-corrected chi connectivity index (χ3v) is 10.7. The van der Waals surface area contributed by atoms with Gasteiger partial charge in [-0.1, -0.05) is 188 Å². The van der Waals surface area contributed by atoms with Gasteiger partial charge in [-0.15, -0.1) is 0 Å². The summed E-state index contributed by atoms with van der Waals surface area (Å²) in [5.41, 5.74) is 2.07. The van der Waals surface area contributed by atoms with E-state index in [1.54, 1.807) is 11.8 Å². The van der Waals surface area contributed by atoms with Gasteiger partial charge in [0.15, 0.2) is 0 Å². The molecule has 0 amide bonds. The molecule has 0 radical (unpaired) electrons. The summed E-state index contributed by atoms with van der Waals surface area (Å²) in [6.07, 6.45) is 17.1. The molecule has 2 aromatic rings. The molecule has 0 aliphatic rings. The number of halogens is 6. The lowest BCUT2D eigenvalue weighted by Crippen LogP contribution is -2.06. The molecule has 53 heavy (non-hydrogen) atoms.